The van der Waals surface area contributed by atoms with Gasteiger partial charge in [0.1, 0.15) is 11.9 Å². The minimum atomic E-state index is -5.67. The summed E-state index contributed by atoms with van der Waals surface area (Å²) in [6, 6.07) is 0. The van der Waals surface area contributed by atoms with Crippen LogP contribution < -0.4 is 0 Å². The fourth-order valence-electron chi connectivity index (χ4n) is 0.554. The molecule has 7 heteroatoms. The van der Waals surface area contributed by atoms with E-state index < -0.39 is 17.8 Å². The van der Waals surface area contributed by atoms with Crippen LogP contribution in [0.2, 0.25) is 0 Å². The molecule has 0 atom stereocenters. The summed E-state index contributed by atoms with van der Waals surface area (Å²) >= 11 is 0. The van der Waals surface area contributed by atoms with Crippen LogP contribution in [-0.2, 0) is 5.92 Å². The molecule has 1 rings (SSSR count). The highest BCUT2D eigenvalue weighted by Crippen LogP contribution is 2.42. The molecule has 0 unspecified atom stereocenters. The largest absolute Gasteiger partial charge is 0.459 e. The van der Waals surface area contributed by atoms with E-state index in [0.717, 1.165) is 12.4 Å². The zero-order valence-electron chi connectivity index (χ0n) is 5.94. The monoisotopic (exact) mass is 197 g/mol. The molecule has 0 aliphatic rings. The maximum absolute atomic E-state index is 12.4. The molecular weight excluding hydrogens is 195 g/mol. The van der Waals surface area contributed by atoms with Crippen molar-refractivity contribution >= 4 is 0 Å². The first-order valence-electron chi connectivity index (χ1n) is 2.99. The van der Waals surface area contributed by atoms with Gasteiger partial charge in [0.15, 0.2) is 0 Å². The zero-order chi connectivity index (χ0) is 10.1. The standard InChI is InChI=1S/C6H2F5N2/c7-5(8,6(9,10)11)4-3-12-1-2-13-4/h1-2H. The van der Waals surface area contributed by atoms with Crippen LogP contribution in [0.25, 0.3) is 0 Å². The highest BCUT2D eigenvalue weighted by Gasteiger charge is 2.60. The third-order valence-corrected chi connectivity index (χ3v) is 1.17. The summed E-state index contributed by atoms with van der Waals surface area (Å²) in [5, 5.41) is 0. The van der Waals surface area contributed by atoms with Gasteiger partial charge in [0.05, 0.1) is 0 Å². The third kappa shape index (κ3) is 1.73. The van der Waals surface area contributed by atoms with E-state index in [0.29, 0.717) is 0 Å². The number of nitrogens with zero attached hydrogens (tertiary/aromatic N) is 2. The molecule has 0 aliphatic carbocycles. The zero-order valence-corrected chi connectivity index (χ0v) is 5.94. The Morgan fingerprint density at radius 3 is 2.08 bits per heavy atom. The van der Waals surface area contributed by atoms with Gasteiger partial charge in [0.25, 0.3) is 0 Å². The fourth-order valence-corrected chi connectivity index (χ4v) is 0.554. The Kier molecular flexibility index (Phi) is 2.19. The van der Waals surface area contributed by atoms with Crippen molar-refractivity contribution in [3.8, 4) is 0 Å². The summed E-state index contributed by atoms with van der Waals surface area (Å²) in [5.74, 6) is -5.00. The number of hydrogen-bond acceptors (Lipinski definition) is 2. The molecule has 0 N–H and O–H groups in total. The fraction of sp³-hybridized carbons (Fsp3) is 0.333. The first-order valence-corrected chi connectivity index (χ1v) is 2.99. The molecule has 13 heavy (non-hydrogen) atoms. The molecule has 0 saturated heterocycles. The molecule has 0 aliphatic heterocycles. The minimum absolute atomic E-state index is 0.742. The topological polar surface area (TPSA) is 25.8 Å². The van der Waals surface area contributed by atoms with E-state index in [1.54, 1.807) is 0 Å². The Balaban J connectivity index is 3.08. The summed E-state index contributed by atoms with van der Waals surface area (Å²) in [6.45, 7) is 0. The number of alkyl halides is 5. The van der Waals surface area contributed by atoms with Gasteiger partial charge in [-0.3, -0.25) is 9.97 Å². The van der Waals surface area contributed by atoms with Gasteiger partial charge in [-0.1, -0.05) is 0 Å². The van der Waals surface area contributed by atoms with Gasteiger partial charge in [-0.25, -0.2) is 0 Å². The third-order valence-electron chi connectivity index (χ3n) is 1.17. The molecule has 0 amide bonds. The van der Waals surface area contributed by atoms with Crippen molar-refractivity contribution in [2.75, 3.05) is 0 Å². The molecular formula is C6H2F5N2. The Morgan fingerprint density at radius 2 is 1.69 bits per heavy atom. The van der Waals surface area contributed by atoms with Crippen LogP contribution in [0.5, 0.6) is 0 Å². The lowest BCUT2D eigenvalue weighted by Crippen LogP contribution is -2.34. The lowest BCUT2D eigenvalue weighted by atomic mass is 10.2. The molecule has 1 aromatic rings. The molecule has 2 nitrogen and oxygen atoms in total. The van der Waals surface area contributed by atoms with Gasteiger partial charge in [0, 0.05) is 12.4 Å². The van der Waals surface area contributed by atoms with Gasteiger partial charge in [0.2, 0.25) is 0 Å². The lowest BCUT2D eigenvalue weighted by Gasteiger charge is -2.17. The Bertz CT molecular complexity index is 281. The van der Waals surface area contributed by atoms with E-state index in [9.17, 15) is 22.0 Å². The Morgan fingerprint density at radius 1 is 1.08 bits per heavy atom. The molecule has 0 saturated carbocycles. The van der Waals surface area contributed by atoms with Crippen molar-refractivity contribution < 1.29 is 22.0 Å². The van der Waals surface area contributed by atoms with Gasteiger partial charge in [-0.05, 0) is 0 Å². The van der Waals surface area contributed by atoms with Gasteiger partial charge in [-0.15, -0.1) is 0 Å². The quantitative estimate of drug-likeness (QED) is 0.643. The first kappa shape index (κ1) is 9.82. The predicted molar refractivity (Wildman–Crippen MR) is 30.8 cm³/mol. The summed E-state index contributed by atoms with van der Waals surface area (Å²) in [5.41, 5.74) is -1.53. The average Bonchev–Trinajstić information content (AvgIpc) is 2.04. The smallest absolute Gasteiger partial charge is 0.251 e. The maximum atomic E-state index is 12.4. The predicted octanol–water partition coefficient (Wildman–Crippen LogP) is 1.93. The van der Waals surface area contributed by atoms with Crippen molar-refractivity contribution in [2.24, 2.45) is 0 Å². The molecule has 0 bridgehead atoms. The van der Waals surface area contributed by atoms with E-state index in [2.05, 4.69) is 9.97 Å². The van der Waals surface area contributed by atoms with E-state index in [4.69, 9.17) is 0 Å². The van der Waals surface area contributed by atoms with Crippen LogP contribution in [0.15, 0.2) is 12.4 Å². The second kappa shape index (κ2) is 2.90. The Labute approximate surface area is 69.4 Å². The highest BCUT2D eigenvalue weighted by molar-refractivity contribution is 5.05. The van der Waals surface area contributed by atoms with Crippen LogP contribution in [0.1, 0.15) is 5.69 Å². The minimum Gasteiger partial charge on any atom is -0.251 e. The van der Waals surface area contributed by atoms with Gasteiger partial charge < -0.3 is 0 Å². The second-order valence-electron chi connectivity index (χ2n) is 2.09. The van der Waals surface area contributed by atoms with E-state index in [-0.39, 0.29) is 0 Å². The van der Waals surface area contributed by atoms with Crippen molar-refractivity contribution in [3.63, 3.8) is 0 Å². The number of rotatable bonds is 1. The van der Waals surface area contributed by atoms with Crippen molar-refractivity contribution in [1.82, 2.24) is 9.97 Å². The van der Waals surface area contributed by atoms with Gasteiger partial charge >= 0.3 is 12.1 Å². The SMILES string of the molecule is FC(F)(F)C(F)(F)c1[c]nccn1. The molecule has 0 fully saturated rings. The van der Waals surface area contributed by atoms with Crippen LogP contribution in [0, 0.1) is 6.20 Å². The van der Waals surface area contributed by atoms with Gasteiger partial charge in [-0.2, -0.15) is 22.0 Å². The molecule has 1 heterocycles. The maximum Gasteiger partial charge on any atom is 0.459 e. The Hall–Kier alpha value is -1.27. The molecule has 71 valence electrons. The summed E-state index contributed by atoms with van der Waals surface area (Å²) in [6.07, 6.45) is -2.49. The summed E-state index contributed by atoms with van der Waals surface area (Å²) in [4.78, 5) is 5.83. The van der Waals surface area contributed by atoms with Crippen LogP contribution >= 0.6 is 0 Å². The summed E-state index contributed by atoms with van der Waals surface area (Å²) < 4.78 is 59.9. The van der Waals surface area contributed by atoms with Crippen LogP contribution in [-0.4, -0.2) is 16.1 Å². The molecule has 1 aromatic heterocycles. The van der Waals surface area contributed by atoms with Crippen molar-refractivity contribution in [1.29, 1.82) is 0 Å². The molecule has 1 radical (unpaired) electrons. The van der Waals surface area contributed by atoms with E-state index in [1.165, 1.54) is 6.20 Å². The van der Waals surface area contributed by atoms with Crippen molar-refractivity contribution in [3.05, 3.63) is 24.3 Å². The number of halogens is 5. The molecule has 0 aromatic carbocycles. The van der Waals surface area contributed by atoms with E-state index in [1.807, 2.05) is 0 Å². The molecule has 0 spiro atoms. The second-order valence-corrected chi connectivity index (χ2v) is 2.09. The van der Waals surface area contributed by atoms with Crippen molar-refractivity contribution in [2.45, 2.75) is 12.1 Å². The van der Waals surface area contributed by atoms with Crippen LogP contribution in [0.3, 0.4) is 0 Å². The highest BCUT2D eigenvalue weighted by atomic mass is 19.4. The number of aromatic nitrogens is 2. The first-order chi connectivity index (χ1) is 5.86. The lowest BCUT2D eigenvalue weighted by molar-refractivity contribution is -0.291. The summed E-state index contributed by atoms with van der Waals surface area (Å²) in [7, 11) is 0. The average molecular weight is 197 g/mol. The van der Waals surface area contributed by atoms with E-state index >= 15 is 0 Å². The van der Waals surface area contributed by atoms with Crippen LogP contribution in [0.4, 0.5) is 22.0 Å². The number of hydrogen-bond donors (Lipinski definition) is 0. The normalized spacial score (nSPS) is 13.0.